The minimum atomic E-state index is -0.873. The summed E-state index contributed by atoms with van der Waals surface area (Å²) in [6.45, 7) is 0. The van der Waals surface area contributed by atoms with E-state index in [9.17, 15) is 13.6 Å². The molecule has 1 amide bonds. The Labute approximate surface area is 94.6 Å². The number of halogens is 2. The first-order valence-electron chi connectivity index (χ1n) is 4.59. The van der Waals surface area contributed by atoms with Gasteiger partial charge in [-0.15, -0.1) is 0 Å². The Morgan fingerprint density at radius 2 is 1.88 bits per heavy atom. The van der Waals surface area contributed by atoms with Gasteiger partial charge in [0.15, 0.2) is 11.6 Å². The van der Waals surface area contributed by atoms with E-state index in [-0.39, 0.29) is 11.4 Å². The number of carbonyl (C=O) groups excluding carboxylic acids is 1. The number of nitrogen functional groups attached to an aromatic ring is 1. The number of nitrogens with zero attached hydrogens (tertiary/aromatic N) is 2. The molecule has 0 aliphatic carbocycles. The number of amides is 1. The Kier molecular flexibility index (Phi) is 2.51. The van der Waals surface area contributed by atoms with E-state index < -0.39 is 23.2 Å². The molecule has 2 aromatic rings. The zero-order chi connectivity index (χ0) is 12.6. The van der Waals surface area contributed by atoms with E-state index in [1.807, 2.05) is 0 Å². The molecule has 0 radical (unpaired) electrons. The molecule has 1 heterocycles. The maximum absolute atomic E-state index is 13.5. The van der Waals surface area contributed by atoms with E-state index in [1.165, 1.54) is 12.3 Å². The Morgan fingerprint density at radius 1 is 1.29 bits per heavy atom. The molecule has 0 aliphatic heterocycles. The number of benzene rings is 1. The molecule has 0 fully saturated rings. The molecule has 0 spiro atoms. The van der Waals surface area contributed by atoms with E-state index in [1.54, 1.807) is 0 Å². The van der Waals surface area contributed by atoms with Crippen molar-refractivity contribution in [3.05, 3.63) is 41.7 Å². The molecule has 0 atom stereocenters. The molecule has 0 bridgehead atoms. The SMILES string of the molecule is NC(=O)c1ccn(-c2c(F)cc(N)cc2F)n1. The Balaban J connectivity index is 2.56. The molecule has 5 nitrogen and oxygen atoms in total. The van der Waals surface area contributed by atoms with Crippen LogP contribution in [0.3, 0.4) is 0 Å². The molecule has 0 aliphatic rings. The summed E-state index contributed by atoms with van der Waals surface area (Å²) in [5.41, 5.74) is 9.73. The highest BCUT2D eigenvalue weighted by molar-refractivity contribution is 5.90. The molecular formula is C10H8F2N4O. The predicted octanol–water partition coefficient (Wildman–Crippen LogP) is 0.832. The molecule has 88 valence electrons. The van der Waals surface area contributed by atoms with E-state index in [0.29, 0.717) is 0 Å². The van der Waals surface area contributed by atoms with Crippen molar-refractivity contribution in [2.24, 2.45) is 5.73 Å². The van der Waals surface area contributed by atoms with Gasteiger partial charge in [0.05, 0.1) is 0 Å². The van der Waals surface area contributed by atoms with Crippen molar-refractivity contribution in [3.8, 4) is 5.69 Å². The minimum Gasteiger partial charge on any atom is -0.399 e. The molecule has 4 N–H and O–H groups in total. The number of carbonyl (C=O) groups is 1. The van der Waals surface area contributed by atoms with Gasteiger partial charge < -0.3 is 11.5 Å². The second-order valence-electron chi connectivity index (χ2n) is 3.34. The van der Waals surface area contributed by atoms with Gasteiger partial charge in [-0.3, -0.25) is 4.79 Å². The first-order chi connectivity index (χ1) is 7.99. The van der Waals surface area contributed by atoms with Crippen LogP contribution in [-0.4, -0.2) is 15.7 Å². The van der Waals surface area contributed by atoms with Crippen molar-refractivity contribution in [2.45, 2.75) is 0 Å². The number of anilines is 1. The quantitative estimate of drug-likeness (QED) is 0.760. The Hall–Kier alpha value is -2.44. The fourth-order valence-corrected chi connectivity index (χ4v) is 1.38. The van der Waals surface area contributed by atoms with Crippen LogP contribution in [0.15, 0.2) is 24.4 Å². The van der Waals surface area contributed by atoms with Gasteiger partial charge in [0.25, 0.3) is 5.91 Å². The Bertz CT molecular complexity index is 571. The van der Waals surface area contributed by atoms with Crippen LogP contribution in [0, 0.1) is 11.6 Å². The summed E-state index contributed by atoms with van der Waals surface area (Å²) in [4.78, 5) is 10.8. The largest absolute Gasteiger partial charge is 0.399 e. The molecule has 7 heteroatoms. The zero-order valence-corrected chi connectivity index (χ0v) is 8.52. The maximum atomic E-state index is 13.5. The van der Waals surface area contributed by atoms with Gasteiger partial charge in [0, 0.05) is 11.9 Å². The van der Waals surface area contributed by atoms with Crippen molar-refractivity contribution in [1.29, 1.82) is 0 Å². The number of primary amides is 1. The standard InChI is InChI=1S/C10H8F2N4O/c11-6-3-5(13)4-7(12)9(6)16-2-1-8(15-16)10(14)17/h1-4H,13H2,(H2,14,17). The highest BCUT2D eigenvalue weighted by atomic mass is 19.1. The van der Waals surface area contributed by atoms with Crippen LogP contribution >= 0.6 is 0 Å². The number of aromatic nitrogens is 2. The second kappa shape index (κ2) is 3.85. The van der Waals surface area contributed by atoms with Crippen molar-refractivity contribution < 1.29 is 13.6 Å². The van der Waals surface area contributed by atoms with Gasteiger partial charge in [0.1, 0.15) is 11.4 Å². The van der Waals surface area contributed by atoms with E-state index >= 15 is 0 Å². The van der Waals surface area contributed by atoms with Gasteiger partial charge in [-0.25, -0.2) is 13.5 Å². The normalized spacial score (nSPS) is 10.5. The summed E-state index contributed by atoms with van der Waals surface area (Å²) >= 11 is 0. The fraction of sp³-hybridized carbons (Fsp3) is 0. The summed E-state index contributed by atoms with van der Waals surface area (Å²) in [6.07, 6.45) is 1.23. The minimum absolute atomic E-state index is 0.0361. The lowest BCUT2D eigenvalue weighted by Crippen LogP contribution is -2.13. The van der Waals surface area contributed by atoms with Crippen LogP contribution in [0.2, 0.25) is 0 Å². The van der Waals surface area contributed by atoms with E-state index in [0.717, 1.165) is 16.8 Å². The van der Waals surface area contributed by atoms with Gasteiger partial charge >= 0.3 is 0 Å². The number of nitrogens with two attached hydrogens (primary N) is 2. The average molecular weight is 238 g/mol. The third kappa shape index (κ3) is 1.94. The average Bonchev–Trinajstić information content (AvgIpc) is 2.65. The predicted molar refractivity (Wildman–Crippen MR) is 56.4 cm³/mol. The number of hydrogen-bond acceptors (Lipinski definition) is 3. The molecule has 0 saturated heterocycles. The third-order valence-corrected chi connectivity index (χ3v) is 2.11. The highest BCUT2D eigenvalue weighted by Crippen LogP contribution is 2.20. The van der Waals surface area contributed by atoms with Gasteiger partial charge in [0.2, 0.25) is 0 Å². The lowest BCUT2D eigenvalue weighted by molar-refractivity contribution is 0.0995. The summed E-state index contributed by atoms with van der Waals surface area (Å²) in [5.74, 6) is -2.52. The molecule has 0 unspecified atom stereocenters. The van der Waals surface area contributed by atoms with Crippen LogP contribution in [0.1, 0.15) is 10.5 Å². The molecular weight excluding hydrogens is 230 g/mol. The molecule has 2 rings (SSSR count). The first kappa shape index (κ1) is 11.1. The number of hydrogen-bond donors (Lipinski definition) is 2. The van der Waals surface area contributed by atoms with Gasteiger partial charge in [-0.2, -0.15) is 5.10 Å². The number of rotatable bonds is 2. The van der Waals surface area contributed by atoms with Crippen LogP contribution < -0.4 is 11.5 Å². The lowest BCUT2D eigenvalue weighted by atomic mass is 10.2. The third-order valence-electron chi connectivity index (χ3n) is 2.11. The Morgan fingerprint density at radius 3 is 2.35 bits per heavy atom. The zero-order valence-electron chi connectivity index (χ0n) is 8.52. The van der Waals surface area contributed by atoms with Crippen molar-refractivity contribution in [3.63, 3.8) is 0 Å². The van der Waals surface area contributed by atoms with Crippen molar-refractivity contribution >= 4 is 11.6 Å². The second-order valence-corrected chi connectivity index (χ2v) is 3.34. The summed E-state index contributed by atoms with van der Waals surface area (Å²) in [5, 5.41) is 3.65. The smallest absolute Gasteiger partial charge is 0.269 e. The molecule has 17 heavy (non-hydrogen) atoms. The van der Waals surface area contributed by atoms with Crippen LogP contribution in [0.4, 0.5) is 14.5 Å². The van der Waals surface area contributed by atoms with Gasteiger partial charge in [-0.1, -0.05) is 0 Å². The van der Waals surface area contributed by atoms with E-state index in [2.05, 4.69) is 5.10 Å². The van der Waals surface area contributed by atoms with Crippen LogP contribution in [-0.2, 0) is 0 Å². The van der Waals surface area contributed by atoms with Crippen molar-refractivity contribution in [1.82, 2.24) is 9.78 Å². The summed E-state index contributed by atoms with van der Waals surface area (Å²) < 4.78 is 27.9. The van der Waals surface area contributed by atoms with Crippen LogP contribution in [0.5, 0.6) is 0 Å². The topological polar surface area (TPSA) is 86.9 Å². The molecule has 0 saturated carbocycles. The van der Waals surface area contributed by atoms with Gasteiger partial charge in [-0.05, 0) is 18.2 Å². The molecule has 1 aromatic carbocycles. The highest BCUT2D eigenvalue weighted by Gasteiger charge is 2.14. The van der Waals surface area contributed by atoms with E-state index in [4.69, 9.17) is 11.5 Å². The van der Waals surface area contributed by atoms with Crippen LogP contribution in [0.25, 0.3) is 5.69 Å². The summed E-state index contributed by atoms with van der Waals surface area (Å²) in [7, 11) is 0. The fourth-order valence-electron chi connectivity index (χ4n) is 1.38. The maximum Gasteiger partial charge on any atom is 0.269 e. The van der Waals surface area contributed by atoms with Crippen molar-refractivity contribution in [2.75, 3.05) is 5.73 Å². The lowest BCUT2D eigenvalue weighted by Gasteiger charge is -2.05. The molecule has 1 aromatic heterocycles. The first-order valence-corrected chi connectivity index (χ1v) is 4.59. The summed E-state index contributed by atoms with van der Waals surface area (Å²) in [6, 6.07) is 3.19. The monoisotopic (exact) mass is 238 g/mol.